The van der Waals surface area contributed by atoms with Crippen LogP contribution in [0.1, 0.15) is 133 Å². The predicted molar refractivity (Wildman–Crippen MR) is 306 cm³/mol. The summed E-state index contributed by atoms with van der Waals surface area (Å²) in [7, 11) is 5.70. The zero-order valence-corrected chi connectivity index (χ0v) is 50.5. The van der Waals surface area contributed by atoms with Crippen LogP contribution in [0.15, 0.2) is 60.7 Å². The molecule has 80 heavy (non-hydrogen) atoms. The van der Waals surface area contributed by atoms with Crippen LogP contribution in [0.4, 0.5) is 0 Å². The molecule has 2 heterocycles. The minimum atomic E-state index is -1.97. The lowest BCUT2D eigenvalue weighted by molar-refractivity contribution is -0.177. The number of hydrogen-bond acceptors (Lipinski definition) is 11. The largest absolute Gasteiger partial charge is 0.450 e. The molecule has 0 spiro atoms. The molecule has 4 N–H and O–H groups in total. The van der Waals surface area contributed by atoms with Gasteiger partial charge in [-0.3, -0.25) is 38.4 Å². The first-order chi connectivity index (χ1) is 37.5. The van der Waals surface area contributed by atoms with Gasteiger partial charge in [0.05, 0.1) is 5.60 Å². The Morgan fingerprint density at radius 1 is 0.575 bits per heavy atom. The molecule has 2 saturated heterocycles. The lowest BCUT2D eigenvalue weighted by atomic mass is 9.93. The van der Waals surface area contributed by atoms with E-state index < -0.39 is 131 Å². The molecule has 0 radical (unpaired) electrons. The number of aliphatic hydroxyl groups is 1. The molecule has 2 aromatic rings. The average molecular weight is 1120 g/mol. The molecule has 0 bridgehead atoms. The van der Waals surface area contributed by atoms with Crippen molar-refractivity contribution in [2.75, 3.05) is 34.7 Å². The summed E-state index contributed by atoms with van der Waals surface area (Å²) in [6, 6.07) is 8.15. The summed E-state index contributed by atoms with van der Waals surface area (Å²) in [6.07, 6.45) is 0.274. The first kappa shape index (κ1) is 66.1. The number of nitrogens with zero attached hydrogens (tertiary/aromatic N) is 5. The van der Waals surface area contributed by atoms with E-state index >= 15 is 9.59 Å². The SMILES string of the molecule is CC[C@@H](C)[C@@H]1NC(=O)[C@@H]2CCCN2C(=O)[C@H](Cc2ccccc2)N(C)C(=O)[C@H](Cc2ccccc2)NC(=O)[C@H](C(C)C)N(C)C(=O)[C@@H]([C@H](C)CC)OC(=O)[C@H](C(C)(C)O)N(C)C(=O)[C@H](CC(C)C)NC(=O)[C@H](CC(C)C)N(C)C1=O. The quantitative estimate of drug-likeness (QED) is 0.188. The van der Waals surface area contributed by atoms with Crippen LogP contribution in [0, 0.1) is 29.6 Å². The zero-order valence-electron chi connectivity index (χ0n) is 50.5. The van der Waals surface area contributed by atoms with E-state index in [0.29, 0.717) is 24.8 Å². The number of ether oxygens (including phenoxy) is 1. The fraction of sp³-hybridized carbons (Fsp3) is 0.656. The normalized spacial score (nSPS) is 26.3. The number of esters is 1. The van der Waals surface area contributed by atoms with Crippen molar-refractivity contribution in [3.63, 3.8) is 0 Å². The smallest absolute Gasteiger partial charge is 0.332 e. The van der Waals surface area contributed by atoms with Gasteiger partial charge >= 0.3 is 5.97 Å². The van der Waals surface area contributed by atoms with Crippen LogP contribution in [-0.2, 0) is 60.7 Å². The van der Waals surface area contributed by atoms with Crippen LogP contribution in [0.25, 0.3) is 0 Å². The lowest BCUT2D eigenvalue weighted by Crippen LogP contribution is -2.62. The van der Waals surface area contributed by atoms with Gasteiger partial charge in [-0.05, 0) is 80.8 Å². The van der Waals surface area contributed by atoms with Gasteiger partial charge in [0, 0.05) is 53.5 Å². The van der Waals surface area contributed by atoms with Crippen molar-refractivity contribution in [3.8, 4) is 0 Å². The standard InChI is InChI=1S/C61H94N8O11/c1-17-39(9)48-58(76)65(13)46(33-37(5)6)53(71)62-43(32-36(3)4)56(74)68(16)51(61(11,12)79)60(78)80-50(40(10)18-2)59(77)67(15)49(38(7)8)54(72)63-44(34-41-26-21-19-22-27-41)55(73)66(14)47(35-42-28-23-20-24-29-42)57(75)69-31-25-30-45(69)52(70)64-48/h19-24,26-29,36-40,43-51,79H,17-18,25,30-35H2,1-16H3,(H,62,71)(H,63,72)(H,64,70)/t39-,40-,43+,44+,45+,46+,47+,48+,49+,50-,51-/m1/s1. The van der Waals surface area contributed by atoms with Crippen LogP contribution in [-0.4, -0.2) is 178 Å². The van der Waals surface area contributed by atoms with Crippen molar-refractivity contribution >= 4 is 53.2 Å². The second-order valence-corrected chi connectivity index (χ2v) is 24.1. The Morgan fingerprint density at radius 2 is 1.09 bits per heavy atom. The van der Waals surface area contributed by atoms with Crippen molar-refractivity contribution in [1.29, 1.82) is 0 Å². The fourth-order valence-electron chi connectivity index (χ4n) is 11.0. The molecule has 2 fully saturated rings. The zero-order chi connectivity index (χ0) is 60.1. The van der Waals surface area contributed by atoms with Gasteiger partial charge < -0.3 is 50.3 Å². The minimum Gasteiger partial charge on any atom is -0.450 e. The maximum absolute atomic E-state index is 15.3. The summed E-state index contributed by atoms with van der Waals surface area (Å²) < 4.78 is 6.11. The monoisotopic (exact) mass is 1110 g/mol. The summed E-state index contributed by atoms with van der Waals surface area (Å²) in [5.41, 5.74) is -0.550. The lowest BCUT2D eigenvalue weighted by Gasteiger charge is -2.39. The Bertz CT molecular complexity index is 2450. The van der Waals surface area contributed by atoms with E-state index in [-0.39, 0.29) is 50.5 Å². The molecule has 11 atom stereocenters. The Kier molecular flexibility index (Phi) is 24.3. The molecule has 2 aromatic carbocycles. The maximum Gasteiger partial charge on any atom is 0.332 e. The van der Waals surface area contributed by atoms with Crippen molar-refractivity contribution < 1.29 is 53.0 Å². The second-order valence-electron chi connectivity index (χ2n) is 24.1. The molecular formula is C61H94N8O11. The number of nitrogens with one attached hydrogen (secondary N) is 3. The summed E-state index contributed by atoms with van der Waals surface area (Å²) in [4.78, 5) is 141. The summed E-state index contributed by atoms with van der Waals surface area (Å²) >= 11 is 0. The summed E-state index contributed by atoms with van der Waals surface area (Å²) in [6.45, 7) is 21.0. The van der Waals surface area contributed by atoms with Crippen LogP contribution >= 0.6 is 0 Å². The molecule has 19 nitrogen and oxygen atoms in total. The van der Waals surface area contributed by atoms with Crippen LogP contribution < -0.4 is 16.0 Å². The first-order valence-corrected chi connectivity index (χ1v) is 28.8. The van der Waals surface area contributed by atoms with E-state index in [9.17, 15) is 38.7 Å². The summed E-state index contributed by atoms with van der Waals surface area (Å²) in [5, 5.41) is 20.5. The Morgan fingerprint density at radius 3 is 1.60 bits per heavy atom. The van der Waals surface area contributed by atoms with E-state index in [1.165, 1.54) is 61.6 Å². The maximum atomic E-state index is 15.3. The number of benzene rings is 2. The number of fused-ring (bicyclic) bond motifs is 1. The van der Waals surface area contributed by atoms with Gasteiger partial charge in [0.1, 0.15) is 42.3 Å². The van der Waals surface area contributed by atoms with E-state index in [1.807, 2.05) is 90.1 Å². The van der Waals surface area contributed by atoms with Gasteiger partial charge in [-0.25, -0.2) is 4.79 Å². The highest BCUT2D eigenvalue weighted by Gasteiger charge is 2.48. The number of carbonyl (C=O) groups excluding carboxylic acids is 9. The highest BCUT2D eigenvalue weighted by atomic mass is 16.6. The fourth-order valence-corrected chi connectivity index (χ4v) is 11.0. The van der Waals surface area contributed by atoms with Gasteiger partial charge in [-0.1, -0.05) is 136 Å². The number of hydrogen-bond donors (Lipinski definition) is 4. The number of carbonyl (C=O) groups is 9. The van der Waals surface area contributed by atoms with Crippen LogP contribution in [0.2, 0.25) is 0 Å². The third kappa shape index (κ3) is 16.8. The number of cyclic esters (lactones) is 1. The Balaban J connectivity index is 1.98. The highest BCUT2D eigenvalue weighted by Crippen LogP contribution is 2.27. The van der Waals surface area contributed by atoms with Crippen molar-refractivity contribution in [1.82, 2.24) is 40.4 Å². The van der Waals surface area contributed by atoms with Crippen molar-refractivity contribution in [2.45, 2.75) is 194 Å². The van der Waals surface area contributed by atoms with E-state index in [1.54, 1.807) is 39.8 Å². The molecule has 0 aliphatic carbocycles. The molecular weight excluding hydrogens is 1020 g/mol. The van der Waals surface area contributed by atoms with Gasteiger partial charge in [-0.2, -0.15) is 0 Å². The highest BCUT2D eigenvalue weighted by molar-refractivity contribution is 5.99. The molecule has 19 heteroatoms. The van der Waals surface area contributed by atoms with Crippen LogP contribution in [0.5, 0.6) is 0 Å². The molecule has 2 aliphatic rings. The van der Waals surface area contributed by atoms with Gasteiger partial charge in [0.2, 0.25) is 41.4 Å². The van der Waals surface area contributed by atoms with E-state index in [4.69, 9.17) is 4.74 Å². The molecule has 0 unspecified atom stereocenters. The van der Waals surface area contributed by atoms with Gasteiger partial charge in [0.25, 0.3) is 5.91 Å². The molecule has 8 amide bonds. The third-order valence-corrected chi connectivity index (χ3v) is 16.0. The second kappa shape index (κ2) is 29.4. The first-order valence-electron chi connectivity index (χ1n) is 28.8. The average Bonchev–Trinajstić information content (AvgIpc) is 3.90. The minimum absolute atomic E-state index is 0.00640. The van der Waals surface area contributed by atoms with Crippen LogP contribution in [0.3, 0.4) is 0 Å². The molecule has 444 valence electrons. The van der Waals surface area contributed by atoms with Crippen molar-refractivity contribution in [3.05, 3.63) is 71.8 Å². The van der Waals surface area contributed by atoms with Crippen molar-refractivity contribution in [2.24, 2.45) is 29.6 Å². The van der Waals surface area contributed by atoms with E-state index in [0.717, 1.165) is 10.5 Å². The Labute approximate surface area is 475 Å². The number of amides is 8. The third-order valence-electron chi connectivity index (χ3n) is 16.0. The molecule has 0 saturated carbocycles. The Hall–Kier alpha value is -6.37. The van der Waals surface area contributed by atoms with E-state index in [2.05, 4.69) is 16.0 Å². The number of likely N-dealkylation sites (N-methyl/N-ethyl adjacent to an activating group) is 4. The number of rotatable bonds is 14. The molecule has 0 aromatic heterocycles. The molecule has 4 rings (SSSR count). The van der Waals surface area contributed by atoms with Gasteiger partial charge in [-0.15, -0.1) is 0 Å². The van der Waals surface area contributed by atoms with Gasteiger partial charge in [0.15, 0.2) is 12.1 Å². The molecule has 2 aliphatic heterocycles. The predicted octanol–water partition coefficient (Wildman–Crippen LogP) is 4.76. The summed E-state index contributed by atoms with van der Waals surface area (Å²) in [5.74, 6) is -8.22. The topological polar surface area (TPSA) is 235 Å².